The van der Waals surface area contributed by atoms with Crippen LogP contribution in [0, 0.1) is 0 Å². The van der Waals surface area contributed by atoms with Gasteiger partial charge in [0.05, 0.1) is 0 Å². The van der Waals surface area contributed by atoms with Crippen molar-refractivity contribution in [3.05, 3.63) is 15.6 Å². The topological polar surface area (TPSA) is 59.4 Å². The number of carbonyl (C=O) groups is 1. The lowest BCUT2D eigenvalue weighted by Crippen LogP contribution is -2.20. The Morgan fingerprint density at radius 1 is 1.56 bits per heavy atom. The largest absolute Gasteiger partial charge is 0.477 e. The smallest absolute Gasteiger partial charge is 0.435 e. The van der Waals surface area contributed by atoms with Gasteiger partial charge in [-0.25, -0.2) is 9.78 Å². The number of ether oxygens (including phenoxy) is 1. The average molecular weight is 281 g/mol. The van der Waals surface area contributed by atoms with Gasteiger partial charge in [-0.2, -0.15) is 13.2 Å². The summed E-state index contributed by atoms with van der Waals surface area (Å²) in [4.78, 5) is 13.5. The lowest BCUT2D eigenvalue weighted by Gasteiger charge is -2.19. The Kier molecular flexibility index (Phi) is 3.10. The van der Waals surface area contributed by atoms with E-state index in [-0.39, 0.29) is 5.01 Å². The van der Waals surface area contributed by atoms with Gasteiger partial charge in [0.2, 0.25) is 0 Å². The molecule has 18 heavy (non-hydrogen) atoms. The van der Waals surface area contributed by atoms with Crippen molar-refractivity contribution >= 4 is 17.3 Å². The zero-order chi connectivity index (χ0) is 13.6. The van der Waals surface area contributed by atoms with Crippen molar-refractivity contribution in [3.63, 3.8) is 0 Å². The van der Waals surface area contributed by atoms with E-state index in [0.29, 0.717) is 24.4 Å². The van der Waals surface area contributed by atoms with Crippen LogP contribution in [0.15, 0.2) is 0 Å². The molecule has 1 unspecified atom stereocenters. The van der Waals surface area contributed by atoms with Crippen LogP contribution < -0.4 is 0 Å². The summed E-state index contributed by atoms with van der Waals surface area (Å²) in [7, 11) is 0. The summed E-state index contributed by atoms with van der Waals surface area (Å²) >= 11 is 0.535. The van der Waals surface area contributed by atoms with Gasteiger partial charge in [-0.1, -0.05) is 0 Å². The monoisotopic (exact) mass is 281 g/mol. The fourth-order valence-corrected chi connectivity index (χ4v) is 2.88. The Labute approximate surface area is 104 Å². The van der Waals surface area contributed by atoms with E-state index < -0.39 is 28.3 Å². The minimum absolute atomic E-state index is 0.0738. The predicted octanol–water partition coefficient (Wildman–Crippen LogP) is 2.89. The van der Waals surface area contributed by atoms with Gasteiger partial charge in [0.25, 0.3) is 0 Å². The fraction of sp³-hybridized carbons (Fsp3) is 0.600. The van der Waals surface area contributed by atoms with Crippen LogP contribution in [-0.2, 0) is 16.5 Å². The van der Waals surface area contributed by atoms with Crippen molar-refractivity contribution in [2.75, 3.05) is 6.61 Å². The second-order valence-corrected chi connectivity index (χ2v) is 5.18. The van der Waals surface area contributed by atoms with Crippen LogP contribution in [0.25, 0.3) is 0 Å². The quantitative estimate of drug-likeness (QED) is 0.905. The molecule has 1 aliphatic rings. The first kappa shape index (κ1) is 13.3. The van der Waals surface area contributed by atoms with Crippen molar-refractivity contribution in [1.82, 2.24) is 4.98 Å². The van der Waals surface area contributed by atoms with E-state index in [1.54, 1.807) is 6.92 Å². The maximum absolute atomic E-state index is 12.7. The summed E-state index contributed by atoms with van der Waals surface area (Å²) in [5, 5.41) is 8.87. The number of aromatic nitrogens is 1. The molecule has 2 heterocycles. The number of carboxylic acid groups (broad SMARTS) is 1. The molecule has 0 saturated carbocycles. The van der Waals surface area contributed by atoms with Crippen LogP contribution in [0.1, 0.15) is 40.1 Å². The maximum atomic E-state index is 12.7. The Morgan fingerprint density at radius 2 is 2.22 bits per heavy atom. The predicted molar refractivity (Wildman–Crippen MR) is 56.6 cm³/mol. The molecule has 1 aromatic heterocycles. The summed E-state index contributed by atoms with van der Waals surface area (Å²) in [5.41, 5.74) is -2.25. The molecule has 1 fully saturated rings. The third-order valence-corrected chi connectivity index (χ3v) is 4.05. The number of nitrogens with zero attached hydrogens (tertiary/aromatic N) is 1. The summed E-state index contributed by atoms with van der Waals surface area (Å²) in [6.45, 7) is 2.07. The molecule has 2 rings (SSSR count). The highest BCUT2D eigenvalue weighted by atomic mass is 32.1. The first-order chi connectivity index (χ1) is 8.24. The minimum Gasteiger partial charge on any atom is -0.477 e. The normalized spacial score (nSPS) is 24.4. The van der Waals surface area contributed by atoms with Crippen molar-refractivity contribution in [2.24, 2.45) is 0 Å². The van der Waals surface area contributed by atoms with Gasteiger partial charge >= 0.3 is 12.1 Å². The van der Waals surface area contributed by atoms with Crippen LogP contribution in [0.4, 0.5) is 13.2 Å². The van der Waals surface area contributed by atoms with Crippen LogP contribution in [0.3, 0.4) is 0 Å². The van der Waals surface area contributed by atoms with Crippen LogP contribution >= 0.6 is 11.3 Å². The molecule has 1 N–H and O–H groups in total. The SMILES string of the molecule is CC1(c2nc(C(F)(F)F)c(C(=O)O)s2)CCCO1. The molecule has 0 aromatic carbocycles. The fourth-order valence-electron chi connectivity index (χ4n) is 1.83. The summed E-state index contributed by atoms with van der Waals surface area (Å²) in [6.07, 6.45) is -3.51. The highest BCUT2D eigenvalue weighted by Crippen LogP contribution is 2.42. The van der Waals surface area contributed by atoms with Crippen LogP contribution in [-0.4, -0.2) is 22.7 Å². The van der Waals surface area contributed by atoms with Gasteiger partial charge in [-0.15, -0.1) is 11.3 Å². The van der Waals surface area contributed by atoms with E-state index in [4.69, 9.17) is 9.84 Å². The van der Waals surface area contributed by atoms with Gasteiger partial charge in [0.15, 0.2) is 5.69 Å². The maximum Gasteiger partial charge on any atom is 0.435 e. The number of hydrogen-bond donors (Lipinski definition) is 1. The minimum atomic E-state index is -4.77. The highest BCUT2D eigenvalue weighted by molar-refractivity contribution is 7.13. The van der Waals surface area contributed by atoms with Gasteiger partial charge in [-0.3, -0.25) is 0 Å². The average Bonchev–Trinajstić information content (AvgIpc) is 2.82. The summed E-state index contributed by atoms with van der Waals surface area (Å²) in [6, 6.07) is 0. The van der Waals surface area contributed by atoms with E-state index >= 15 is 0 Å². The molecule has 1 aromatic rings. The number of thiazole rings is 1. The Hall–Kier alpha value is -1.15. The molecule has 0 aliphatic carbocycles. The molecule has 1 atom stereocenters. The van der Waals surface area contributed by atoms with Crippen molar-refractivity contribution in [3.8, 4) is 0 Å². The lowest BCUT2D eigenvalue weighted by molar-refractivity contribution is -0.141. The van der Waals surface area contributed by atoms with Gasteiger partial charge in [-0.05, 0) is 19.8 Å². The number of carboxylic acids is 1. The number of aromatic carboxylic acids is 1. The first-order valence-electron chi connectivity index (χ1n) is 5.20. The Bertz CT molecular complexity index is 477. The number of rotatable bonds is 2. The van der Waals surface area contributed by atoms with Crippen LogP contribution in [0.5, 0.6) is 0 Å². The molecule has 1 saturated heterocycles. The molecule has 0 spiro atoms. The standard InChI is InChI=1S/C10H10F3NO3S/c1-9(3-2-4-17-9)8-14-6(10(11,12)13)5(18-8)7(15)16/h2-4H2,1H3,(H,15,16). The highest BCUT2D eigenvalue weighted by Gasteiger charge is 2.43. The molecule has 0 bridgehead atoms. The van der Waals surface area contributed by atoms with Gasteiger partial charge in [0.1, 0.15) is 15.5 Å². The molecule has 4 nitrogen and oxygen atoms in total. The molecule has 100 valence electrons. The molecular formula is C10H10F3NO3S. The molecule has 0 amide bonds. The zero-order valence-electron chi connectivity index (χ0n) is 9.37. The second-order valence-electron chi connectivity index (χ2n) is 4.18. The second kappa shape index (κ2) is 4.20. The Morgan fingerprint density at radius 3 is 2.61 bits per heavy atom. The lowest BCUT2D eigenvalue weighted by atomic mass is 10.0. The first-order valence-corrected chi connectivity index (χ1v) is 6.01. The number of alkyl halides is 3. The molecule has 0 radical (unpaired) electrons. The number of hydrogen-bond acceptors (Lipinski definition) is 4. The van der Waals surface area contributed by atoms with E-state index in [2.05, 4.69) is 4.98 Å². The van der Waals surface area contributed by atoms with Crippen molar-refractivity contribution in [2.45, 2.75) is 31.5 Å². The van der Waals surface area contributed by atoms with Crippen LogP contribution in [0.2, 0.25) is 0 Å². The third kappa shape index (κ3) is 2.22. The number of halogens is 3. The zero-order valence-corrected chi connectivity index (χ0v) is 10.2. The Balaban J connectivity index is 2.49. The summed E-state index contributed by atoms with van der Waals surface area (Å²) < 4.78 is 43.4. The van der Waals surface area contributed by atoms with Crippen molar-refractivity contribution in [1.29, 1.82) is 0 Å². The molecule has 8 heteroatoms. The molecule has 1 aliphatic heterocycles. The summed E-state index contributed by atoms with van der Waals surface area (Å²) in [5.74, 6) is -1.62. The van der Waals surface area contributed by atoms with Gasteiger partial charge < -0.3 is 9.84 Å². The van der Waals surface area contributed by atoms with E-state index in [0.717, 1.165) is 6.42 Å². The molecular weight excluding hydrogens is 271 g/mol. The van der Waals surface area contributed by atoms with E-state index in [9.17, 15) is 18.0 Å². The van der Waals surface area contributed by atoms with Gasteiger partial charge in [0, 0.05) is 6.61 Å². The third-order valence-electron chi connectivity index (χ3n) is 2.76. The van der Waals surface area contributed by atoms with Crippen molar-refractivity contribution < 1.29 is 27.8 Å². The van der Waals surface area contributed by atoms with E-state index in [1.165, 1.54) is 0 Å². The van der Waals surface area contributed by atoms with E-state index in [1.807, 2.05) is 0 Å².